The Morgan fingerprint density at radius 3 is 2.18 bits per heavy atom. The Hall–Kier alpha value is -3.54. The van der Waals surface area contributed by atoms with E-state index in [1.165, 1.54) is 26.5 Å². The van der Waals surface area contributed by atoms with Crippen molar-refractivity contribution in [3.8, 4) is 5.75 Å². The Labute approximate surface area is 228 Å². The van der Waals surface area contributed by atoms with Gasteiger partial charge in [-0.05, 0) is 41.5 Å². The van der Waals surface area contributed by atoms with Crippen molar-refractivity contribution in [2.75, 3.05) is 13.1 Å². The highest BCUT2D eigenvalue weighted by Crippen LogP contribution is 2.50. The summed E-state index contributed by atoms with van der Waals surface area (Å²) in [5.74, 6) is 1.02. The third kappa shape index (κ3) is 4.50. The van der Waals surface area contributed by atoms with Crippen molar-refractivity contribution in [2.24, 2.45) is 5.10 Å². The highest BCUT2D eigenvalue weighted by molar-refractivity contribution is 7.99. The molecule has 38 heavy (non-hydrogen) atoms. The molecule has 5 heteroatoms. The number of nitrogens with zero attached hydrogens (tertiary/aromatic N) is 3. The highest BCUT2D eigenvalue weighted by Gasteiger charge is 2.51. The number of hydrogen-bond donors (Lipinski definition) is 0. The maximum Gasteiger partial charge on any atom is 0.200 e. The molecule has 0 amide bonds. The Bertz CT molecular complexity index is 1430. The summed E-state index contributed by atoms with van der Waals surface area (Å²) >= 11 is 1.79. The standard InChI is InChI=1S/C33H31N3OS/c1-3-9-25(10-4-1)24-35-21-19-33(20-22-35)36-31(29-13-7-8-14-32(29)37-33)23-30(34-36)26-15-17-28(18-16-26)38-27-11-5-2-6-12-27/h1-18,31H,19-24H2/t31-/m1/s1. The first-order valence-electron chi connectivity index (χ1n) is 13.5. The topological polar surface area (TPSA) is 28.1 Å². The molecule has 0 unspecified atom stereocenters. The van der Waals surface area contributed by atoms with E-state index in [1.807, 2.05) is 0 Å². The van der Waals surface area contributed by atoms with E-state index in [-0.39, 0.29) is 6.04 Å². The van der Waals surface area contributed by atoms with Gasteiger partial charge in [-0.15, -0.1) is 0 Å². The molecule has 0 bridgehead atoms. The first-order chi connectivity index (χ1) is 18.8. The number of likely N-dealkylation sites (tertiary alicyclic amines) is 1. The van der Waals surface area contributed by atoms with Gasteiger partial charge in [0.25, 0.3) is 0 Å². The van der Waals surface area contributed by atoms with Gasteiger partial charge in [0.05, 0.1) is 11.8 Å². The van der Waals surface area contributed by atoms with E-state index < -0.39 is 5.72 Å². The molecule has 7 rings (SSSR count). The zero-order valence-corrected chi connectivity index (χ0v) is 22.2. The quantitative estimate of drug-likeness (QED) is 0.276. The Kier molecular flexibility index (Phi) is 6.18. The summed E-state index contributed by atoms with van der Waals surface area (Å²) in [6.45, 7) is 2.98. The fourth-order valence-electron chi connectivity index (χ4n) is 5.98. The summed E-state index contributed by atoms with van der Waals surface area (Å²) in [4.78, 5) is 5.04. The number of hydrazone groups is 1. The number of hydrogen-bond acceptors (Lipinski definition) is 5. The van der Waals surface area contributed by atoms with Crippen LogP contribution in [-0.2, 0) is 6.54 Å². The van der Waals surface area contributed by atoms with Gasteiger partial charge in [-0.3, -0.25) is 4.90 Å². The van der Waals surface area contributed by atoms with Crippen LogP contribution < -0.4 is 4.74 Å². The number of benzene rings is 4. The third-order valence-electron chi connectivity index (χ3n) is 7.96. The van der Waals surface area contributed by atoms with Gasteiger partial charge in [-0.2, -0.15) is 5.10 Å². The monoisotopic (exact) mass is 517 g/mol. The lowest BCUT2D eigenvalue weighted by Gasteiger charge is -2.51. The fourth-order valence-corrected chi connectivity index (χ4v) is 6.81. The SMILES string of the molecule is c1ccc(CN2CCC3(CC2)Oc2ccccc2[C@H]2CC(c4ccc(Sc5ccccc5)cc4)=NN23)cc1. The summed E-state index contributed by atoms with van der Waals surface area (Å²) in [5.41, 5.74) is 4.58. The maximum absolute atomic E-state index is 6.83. The average Bonchev–Trinajstić information content (AvgIpc) is 3.43. The van der Waals surface area contributed by atoms with Crippen LogP contribution >= 0.6 is 11.8 Å². The lowest BCUT2D eigenvalue weighted by molar-refractivity contribution is -0.150. The lowest BCUT2D eigenvalue weighted by Crippen LogP contribution is -2.59. The molecule has 0 aromatic heterocycles. The van der Waals surface area contributed by atoms with Crippen molar-refractivity contribution in [2.45, 2.75) is 47.4 Å². The molecule has 4 aromatic rings. The summed E-state index contributed by atoms with van der Waals surface area (Å²) in [6.07, 6.45) is 2.78. The molecule has 4 aromatic carbocycles. The lowest BCUT2D eigenvalue weighted by atomic mass is 9.90. The van der Waals surface area contributed by atoms with E-state index in [0.29, 0.717) is 0 Å². The molecule has 0 N–H and O–H groups in total. The number of fused-ring (bicyclic) bond motifs is 4. The van der Waals surface area contributed by atoms with Crippen LogP contribution in [0.4, 0.5) is 0 Å². The maximum atomic E-state index is 6.83. The molecule has 1 fully saturated rings. The number of para-hydroxylation sites is 1. The zero-order chi connectivity index (χ0) is 25.4. The van der Waals surface area contributed by atoms with E-state index in [0.717, 1.165) is 50.4 Å². The Morgan fingerprint density at radius 1 is 0.763 bits per heavy atom. The zero-order valence-electron chi connectivity index (χ0n) is 21.4. The summed E-state index contributed by atoms with van der Waals surface area (Å²) < 4.78 is 6.83. The average molecular weight is 518 g/mol. The molecule has 0 saturated carbocycles. The molecule has 3 aliphatic rings. The van der Waals surface area contributed by atoms with Crippen LogP contribution in [0.1, 0.15) is 42.0 Å². The second-order valence-electron chi connectivity index (χ2n) is 10.4. The van der Waals surface area contributed by atoms with Crippen molar-refractivity contribution < 1.29 is 4.74 Å². The fraction of sp³-hybridized carbons (Fsp3) is 0.242. The van der Waals surface area contributed by atoms with Crippen molar-refractivity contribution >= 4 is 17.5 Å². The van der Waals surface area contributed by atoms with Crippen LogP contribution in [0.25, 0.3) is 0 Å². The van der Waals surface area contributed by atoms with Crippen molar-refractivity contribution in [1.82, 2.24) is 9.91 Å². The smallest absolute Gasteiger partial charge is 0.200 e. The van der Waals surface area contributed by atoms with Crippen molar-refractivity contribution in [3.05, 3.63) is 126 Å². The van der Waals surface area contributed by atoms with Gasteiger partial charge in [0, 0.05) is 54.3 Å². The van der Waals surface area contributed by atoms with Crippen LogP contribution in [-0.4, -0.2) is 34.4 Å². The molecular formula is C33H31N3OS. The summed E-state index contributed by atoms with van der Waals surface area (Å²) in [7, 11) is 0. The van der Waals surface area contributed by atoms with Gasteiger partial charge >= 0.3 is 0 Å². The molecule has 3 aliphatic heterocycles. The normalized spacial score (nSPS) is 19.9. The van der Waals surface area contributed by atoms with Crippen LogP contribution in [0.2, 0.25) is 0 Å². The number of ether oxygens (including phenoxy) is 1. The van der Waals surface area contributed by atoms with Crippen molar-refractivity contribution in [1.29, 1.82) is 0 Å². The third-order valence-corrected chi connectivity index (χ3v) is 8.97. The summed E-state index contributed by atoms with van der Waals surface area (Å²) in [5, 5.41) is 7.60. The molecule has 0 radical (unpaired) electrons. The molecular weight excluding hydrogens is 486 g/mol. The minimum absolute atomic E-state index is 0.217. The van der Waals surface area contributed by atoms with Gasteiger partial charge in [0.2, 0.25) is 5.72 Å². The first kappa shape index (κ1) is 23.6. The second-order valence-corrected chi connectivity index (χ2v) is 11.5. The van der Waals surface area contributed by atoms with Gasteiger partial charge in [0.15, 0.2) is 0 Å². The number of rotatable bonds is 5. The predicted molar refractivity (Wildman–Crippen MR) is 153 cm³/mol. The van der Waals surface area contributed by atoms with E-state index in [1.54, 1.807) is 11.8 Å². The Balaban J connectivity index is 1.13. The van der Waals surface area contributed by atoms with E-state index in [2.05, 4.69) is 119 Å². The van der Waals surface area contributed by atoms with Gasteiger partial charge in [-0.1, -0.05) is 90.6 Å². The van der Waals surface area contributed by atoms with Gasteiger partial charge in [-0.25, -0.2) is 5.01 Å². The minimum atomic E-state index is -0.392. The molecule has 190 valence electrons. The Morgan fingerprint density at radius 2 is 1.42 bits per heavy atom. The van der Waals surface area contributed by atoms with Crippen LogP contribution in [0, 0.1) is 0 Å². The van der Waals surface area contributed by atoms with Crippen LogP contribution in [0.15, 0.2) is 124 Å². The minimum Gasteiger partial charge on any atom is -0.466 e. The first-order valence-corrected chi connectivity index (χ1v) is 14.3. The van der Waals surface area contributed by atoms with Gasteiger partial charge in [0.1, 0.15) is 5.75 Å². The van der Waals surface area contributed by atoms with Crippen LogP contribution in [0.3, 0.4) is 0 Å². The van der Waals surface area contributed by atoms with Gasteiger partial charge < -0.3 is 4.74 Å². The van der Waals surface area contributed by atoms with E-state index in [4.69, 9.17) is 9.84 Å². The molecule has 4 nitrogen and oxygen atoms in total. The summed E-state index contributed by atoms with van der Waals surface area (Å²) in [6, 6.07) is 39.0. The molecule has 1 spiro atoms. The second kappa shape index (κ2) is 9.97. The molecule has 3 heterocycles. The largest absolute Gasteiger partial charge is 0.466 e. The van der Waals surface area contributed by atoms with Crippen LogP contribution in [0.5, 0.6) is 5.75 Å². The highest BCUT2D eigenvalue weighted by atomic mass is 32.2. The predicted octanol–water partition coefficient (Wildman–Crippen LogP) is 7.37. The van der Waals surface area contributed by atoms with E-state index in [9.17, 15) is 0 Å². The molecule has 1 saturated heterocycles. The van der Waals surface area contributed by atoms with Crippen molar-refractivity contribution in [3.63, 3.8) is 0 Å². The molecule has 1 atom stereocenters. The molecule has 0 aliphatic carbocycles. The number of piperidine rings is 1. The van der Waals surface area contributed by atoms with E-state index >= 15 is 0 Å².